The zero-order chi connectivity index (χ0) is 24.3. The van der Waals surface area contributed by atoms with Crippen LogP contribution in [0.5, 0.6) is 0 Å². The second kappa shape index (κ2) is 10.4. The van der Waals surface area contributed by atoms with Crippen LogP contribution in [0.1, 0.15) is 24.1 Å². The molecule has 0 saturated carbocycles. The van der Waals surface area contributed by atoms with E-state index in [-0.39, 0.29) is 35.9 Å². The maximum absolute atomic E-state index is 13.3. The number of hydrogen-bond donors (Lipinski definition) is 0. The predicted octanol–water partition coefficient (Wildman–Crippen LogP) is 6.09. The molecule has 0 saturated heterocycles. The Morgan fingerprint density at radius 2 is 1.82 bits per heavy atom. The number of carbonyl (C=O) groups excluding carboxylic acids is 1. The summed E-state index contributed by atoms with van der Waals surface area (Å²) < 4.78 is 26.2. The molecule has 0 aliphatic heterocycles. The molecule has 0 radical (unpaired) electrons. The van der Waals surface area contributed by atoms with Gasteiger partial charge in [-0.15, -0.1) is 0 Å². The van der Waals surface area contributed by atoms with Crippen molar-refractivity contribution in [3.8, 4) is 0 Å². The van der Waals surface area contributed by atoms with Crippen molar-refractivity contribution in [1.29, 1.82) is 0 Å². The highest BCUT2D eigenvalue weighted by Gasteiger charge is 2.23. The van der Waals surface area contributed by atoms with Gasteiger partial charge in [-0.2, -0.15) is 0 Å². The Hall–Kier alpha value is -2.52. The fourth-order valence-electron chi connectivity index (χ4n) is 3.48. The number of aromatic nitrogens is 2. The van der Waals surface area contributed by atoms with E-state index in [1.54, 1.807) is 17.2 Å². The molecule has 0 spiro atoms. The number of thiazole rings is 1. The van der Waals surface area contributed by atoms with Gasteiger partial charge in [0.1, 0.15) is 0 Å². The summed E-state index contributed by atoms with van der Waals surface area (Å²) >= 11 is 13.4. The van der Waals surface area contributed by atoms with Crippen LogP contribution in [0, 0.1) is 6.92 Å². The Morgan fingerprint density at radius 3 is 2.53 bits per heavy atom. The third-order valence-electron chi connectivity index (χ3n) is 5.19. The first kappa shape index (κ1) is 24.6. The van der Waals surface area contributed by atoms with Gasteiger partial charge in [-0.3, -0.25) is 14.7 Å². The molecule has 0 unspecified atom stereocenters. The molecule has 0 fully saturated rings. The minimum Gasteiger partial charge on any atom is -0.282 e. The number of halogens is 2. The molecule has 1 amide bonds. The van der Waals surface area contributed by atoms with Gasteiger partial charge in [0.2, 0.25) is 5.91 Å². The third kappa shape index (κ3) is 5.75. The van der Waals surface area contributed by atoms with Gasteiger partial charge in [-0.05, 0) is 67.4 Å². The Morgan fingerprint density at radius 1 is 1.06 bits per heavy atom. The number of rotatable bonds is 8. The zero-order valence-corrected chi connectivity index (χ0v) is 21.4. The van der Waals surface area contributed by atoms with Crippen molar-refractivity contribution in [2.45, 2.75) is 31.2 Å². The number of benzene rings is 2. The molecular formula is C24H21Cl2N3O3S2. The summed E-state index contributed by atoms with van der Waals surface area (Å²) in [5.74, 6) is -0.369. The molecule has 4 rings (SSSR count). The minimum atomic E-state index is -3.52. The number of pyridine rings is 1. The summed E-state index contributed by atoms with van der Waals surface area (Å²) in [7, 11) is -3.52. The van der Waals surface area contributed by atoms with Crippen molar-refractivity contribution in [2.24, 2.45) is 0 Å². The maximum atomic E-state index is 13.3. The van der Waals surface area contributed by atoms with Gasteiger partial charge in [0.15, 0.2) is 15.0 Å². The van der Waals surface area contributed by atoms with Crippen molar-refractivity contribution in [1.82, 2.24) is 9.97 Å². The highest BCUT2D eigenvalue weighted by atomic mass is 35.5. The van der Waals surface area contributed by atoms with Crippen LogP contribution in [0.4, 0.5) is 5.13 Å². The summed E-state index contributed by atoms with van der Waals surface area (Å²) in [5, 5.41) is 1.60. The standard InChI is InChI=1S/C24H21Cl2N3O3S2/c1-16-13-18(26)14-21-23(16)28-24(33-21)29(15-19-5-2-3-11-27-19)22(30)6-4-12-34(31,32)20-9-7-17(25)8-10-20/h2-3,5,7-11,13-14H,4,6,12,15H2,1H3. The molecular weight excluding hydrogens is 513 g/mol. The Kier molecular flexibility index (Phi) is 7.52. The molecule has 0 bridgehead atoms. The molecule has 4 aromatic rings. The smallest absolute Gasteiger partial charge is 0.229 e. The number of amides is 1. The molecule has 176 valence electrons. The van der Waals surface area contributed by atoms with Gasteiger partial charge in [-0.25, -0.2) is 13.4 Å². The topological polar surface area (TPSA) is 80.2 Å². The second-order valence-corrected chi connectivity index (χ2v) is 11.7. The number of fused-ring (bicyclic) bond motifs is 1. The highest BCUT2D eigenvalue weighted by molar-refractivity contribution is 7.91. The lowest BCUT2D eigenvalue weighted by Crippen LogP contribution is -2.30. The third-order valence-corrected chi connectivity index (χ3v) is 8.51. The van der Waals surface area contributed by atoms with Crippen molar-refractivity contribution in [3.05, 3.63) is 82.1 Å². The monoisotopic (exact) mass is 533 g/mol. The van der Waals surface area contributed by atoms with Crippen LogP contribution in [-0.2, 0) is 21.2 Å². The summed E-state index contributed by atoms with van der Waals surface area (Å²) in [6, 6.07) is 15.2. The van der Waals surface area contributed by atoms with E-state index < -0.39 is 9.84 Å². The molecule has 6 nitrogen and oxygen atoms in total. The largest absolute Gasteiger partial charge is 0.282 e. The lowest BCUT2D eigenvalue weighted by atomic mass is 10.2. The molecule has 0 N–H and O–H groups in total. The Labute approximate surface area is 212 Å². The van der Waals surface area contributed by atoms with Crippen molar-refractivity contribution in [3.63, 3.8) is 0 Å². The molecule has 2 aromatic carbocycles. The van der Waals surface area contributed by atoms with E-state index in [2.05, 4.69) is 4.98 Å². The van der Waals surface area contributed by atoms with E-state index in [1.807, 2.05) is 31.2 Å². The van der Waals surface area contributed by atoms with Crippen LogP contribution in [0.15, 0.2) is 65.7 Å². The van der Waals surface area contributed by atoms with E-state index in [9.17, 15) is 13.2 Å². The van der Waals surface area contributed by atoms with Crippen LogP contribution < -0.4 is 4.90 Å². The number of sulfone groups is 1. The molecule has 2 heterocycles. The molecule has 34 heavy (non-hydrogen) atoms. The van der Waals surface area contributed by atoms with E-state index >= 15 is 0 Å². The van der Waals surface area contributed by atoms with E-state index in [0.29, 0.717) is 20.9 Å². The number of aryl methyl sites for hydroxylation is 1. The quantitative estimate of drug-likeness (QED) is 0.273. The first-order valence-corrected chi connectivity index (χ1v) is 13.7. The second-order valence-electron chi connectivity index (χ2n) is 7.74. The predicted molar refractivity (Wildman–Crippen MR) is 138 cm³/mol. The van der Waals surface area contributed by atoms with Crippen molar-refractivity contribution < 1.29 is 13.2 Å². The lowest BCUT2D eigenvalue weighted by molar-refractivity contribution is -0.118. The van der Waals surface area contributed by atoms with Crippen molar-refractivity contribution in [2.75, 3.05) is 10.7 Å². The molecule has 0 aliphatic carbocycles. The SMILES string of the molecule is Cc1cc(Cl)cc2sc(N(Cc3ccccn3)C(=O)CCCS(=O)(=O)c3ccc(Cl)cc3)nc12. The highest BCUT2D eigenvalue weighted by Crippen LogP contribution is 2.34. The fraction of sp³-hybridized carbons (Fsp3) is 0.208. The average molecular weight is 534 g/mol. The molecule has 0 aliphatic rings. The summed E-state index contributed by atoms with van der Waals surface area (Å²) in [4.78, 5) is 24.0. The first-order chi connectivity index (χ1) is 16.2. The minimum absolute atomic E-state index is 0.0509. The maximum Gasteiger partial charge on any atom is 0.229 e. The van der Waals surface area contributed by atoms with Crippen LogP contribution in [0.3, 0.4) is 0 Å². The van der Waals surface area contributed by atoms with Crippen LogP contribution >= 0.6 is 34.5 Å². The number of hydrogen-bond acceptors (Lipinski definition) is 6. The summed E-state index contributed by atoms with van der Waals surface area (Å²) in [6.07, 6.45) is 1.90. The van der Waals surface area contributed by atoms with E-state index in [0.717, 1.165) is 15.8 Å². The fourth-order valence-corrected chi connectivity index (χ4v) is 6.36. The first-order valence-electron chi connectivity index (χ1n) is 10.5. The lowest BCUT2D eigenvalue weighted by Gasteiger charge is -2.19. The van der Waals surface area contributed by atoms with Gasteiger partial charge in [0.05, 0.1) is 33.1 Å². The molecule has 2 aromatic heterocycles. The van der Waals surface area contributed by atoms with Crippen molar-refractivity contribution >= 4 is 65.6 Å². The van der Waals surface area contributed by atoms with Crippen LogP contribution in [0.25, 0.3) is 10.2 Å². The summed E-state index contributed by atoms with van der Waals surface area (Å²) in [5.41, 5.74) is 2.41. The van der Waals surface area contributed by atoms with E-state index in [1.165, 1.54) is 35.6 Å². The average Bonchev–Trinajstić information content (AvgIpc) is 3.22. The van der Waals surface area contributed by atoms with Gasteiger partial charge < -0.3 is 0 Å². The number of anilines is 1. The van der Waals surface area contributed by atoms with Gasteiger partial charge >= 0.3 is 0 Å². The Bertz CT molecular complexity index is 1420. The van der Waals surface area contributed by atoms with Gasteiger partial charge in [0, 0.05) is 22.7 Å². The van der Waals surface area contributed by atoms with Crippen LogP contribution in [-0.4, -0.2) is 30.0 Å². The summed E-state index contributed by atoms with van der Waals surface area (Å²) in [6.45, 7) is 2.15. The molecule has 10 heteroatoms. The van der Waals surface area contributed by atoms with Crippen LogP contribution in [0.2, 0.25) is 10.0 Å². The zero-order valence-electron chi connectivity index (χ0n) is 18.2. The molecule has 0 atom stereocenters. The number of carbonyl (C=O) groups is 1. The Balaban J connectivity index is 1.55. The van der Waals surface area contributed by atoms with Gasteiger partial charge in [0.25, 0.3) is 0 Å². The number of nitrogens with zero attached hydrogens (tertiary/aromatic N) is 3. The van der Waals surface area contributed by atoms with Gasteiger partial charge in [-0.1, -0.05) is 40.6 Å². The normalized spacial score (nSPS) is 11.6. The van der Waals surface area contributed by atoms with E-state index in [4.69, 9.17) is 28.2 Å².